The molecule has 286 valence electrons. The number of aliphatic hydroxyl groups excluding tert-OH is 1. The van der Waals surface area contributed by atoms with Crippen LogP contribution in [-0.2, 0) is 26.0 Å². The van der Waals surface area contributed by atoms with Gasteiger partial charge in [-0.25, -0.2) is 14.5 Å². The summed E-state index contributed by atoms with van der Waals surface area (Å²) in [5.74, 6) is -0.349. The summed E-state index contributed by atoms with van der Waals surface area (Å²) < 4.78 is 34.0. The van der Waals surface area contributed by atoms with E-state index in [1.165, 1.54) is 12.4 Å². The maximum absolute atomic E-state index is 14.2. The molecule has 10 bridgehead atoms. The summed E-state index contributed by atoms with van der Waals surface area (Å²) in [7, 11) is -4.82. The molecule has 0 saturated heterocycles. The van der Waals surface area contributed by atoms with E-state index < -0.39 is 49.4 Å². The molecule has 4 aliphatic rings. The molecular formula is C40H37N6O9P. The lowest BCUT2D eigenvalue weighted by atomic mass is 9.72. The normalized spacial score (nSPS) is 22.2. The molecular weight excluding hydrogens is 739 g/mol. The summed E-state index contributed by atoms with van der Waals surface area (Å²) in [4.78, 5) is 58.1. The van der Waals surface area contributed by atoms with E-state index in [1.807, 2.05) is 56.3 Å². The van der Waals surface area contributed by atoms with Gasteiger partial charge in [-0.15, -0.1) is 0 Å². The number of rotatable bonds is 5. The van der Waals surface area contributed by atoms with Crippen molar-refractivity contribution < 1.29 is 42.6 Å². The van der Waals surface area contributed by atoms with Gasteiger partial charge in [0.2, 0.25) is 23.6 Å². The average Bonchev–Trinajstić information content (AvgIpc) is 3.98. The van der Waals surface area contributed by atoms with Crippen LogP contribution < -0.4 is 20.7 Å². The highest BCUT2D eigenvalue weighted by Crippen LogP contribution is 2.61. The quantitative estimate of drug-likeness (QED) is 0.124. The van der Waals surface area contributed by atoms with Crippen molar-refractivity contribution in [3.05, 3.63) is 95.3 Å². The smallest absolute Gasteiger partial charge is 0.434 e. The van der Waals surface area contributed by atoms with Gasteiger partial charge < -0.3 is 44.4 Å². The number of hydrogen-bond acceptors (Lipinski definition) is 10. The summed E-state index contributed by atoms with van der Waals surface area (Å²) in [5, 5.41) is 20.7. The SMILES string of the molecule is CC(C)[C@H](O)C(=O)N[C@H]1Cc2ccc3c(c2)[C@]24c5cccc(c5NC2O3)-c2cccc3c2c(cn3P(=O)(O)O)-c2cnc(o2)-c2nc(oc24)[C@H](C(C)C)NC1=O. The third kappa shape index (κ3) is 4.78. The molecule has 1 spiro atoms. The minimum Gasteiger partial charge on any atom is -0.469 e. The van der Waals surface area contributed by atoms with Crippen LogP contribution >= 0.6 is 7.75 Å². The number of aromatic nitrogens is 3. The van der Waals surface area contributed by atoms with Crippen LogP contribution in [0.5, 0.6) is 5.75 Å². The molecule has 4 aliphatic heterocycles. The Hall–Kier alpha value is -5.73. The molecule has 6 N–H and O–H groups in total. The zero-order valence-corrected chi connectivity index (χ0v) is 31.5. The molecule has 7 heterocycles. The third-order valence-corrected chi connectivity index (χ3v) is 12.3. The van der Waals surface area contributed by atoms with Crippen molar-refractivity contribution in [1.29, 1.82) is 0 Å². The number of nitrogens with one attached hydrogen (secondary N) is 3. The van der Waals surface area contributed by atoms with Crippen LogP contribution in [0.4, 0.5) is 5.69 Å². The first kappa shape index (κ1) is 34.7. The Balaban J connectivity index is 1.29. The van der Waals surface area contributed by atoms with Crippen LogP contribution in [0.2, 0.25) is 0 Å². The number of fused-ring (bicyclic) bond motifs is 7. The van der Waals surface area contributed by atoms with Crippen molar-refractivity contribution in [2.45, 2.75) is 63.9 Å². The molecule has 6 aromatic rings. The Morgan fingerprint density at radius 2 is 1.80 bits per heavy atom. The number of para-hydroxylation sites is 1. The lowest BCUT2D eigenvalue weighted by molar-refractivity contribution is -0.135. The number of anilines is 1. The Morgan fingerprint density at radius 3 is 2.57 bits per heavy atom. The van der Waals surface area contributed by atoms with Crippen LogP contribution in [0.1, 0.15) is 62.1 Å². The number of ether oxygens (including phenoxy) is 1. The summed E-state index contributed by atoms with van der Waals surface area (Å²) in [6.45, 7) is 7.27. The van der Waals surface area contributed by atoms with Gasteiger partial charge in [-0.3, -0.25) is 13.9 Å². The Kier molecular flexibility index (Phi) is 7.37. The molecule has 3 aromatic carbocycles. The molecule has 0 saturated carbocycles. The van der Waals surface area contributed by atoms with Crippen LogP contribution in [0.3, 0.4) is 0 Å². The number of carbonyl (C=O) groups is 2. The van der Waals surface area contributed by atoms with Crippen molar-refractivity contribution in [3.8, 4) is 39.8 Å². The zero-order chi connectivity index (χ0) is 39.0. The molecule has 5 atom stereocenters. The van der Waals surface area contributed by atoms with Gasteiger partial charge in [0.05, 0.1) is 11.7 Å². The maximum Gasteiger partial charge on any atom is 0.434 e. The summed E-state index contributed by atoms with van der Waals surface area (Å²) in [6, 6.07) is 14.9. The van der Waals surface area contributed by atoms with E-state index in [0.717, 1.165) is 26.7 Å². The van der Waals surface area contributed by atoms with E-state index in [4.69, 9.17) is 23.5 Å². The van der Waals surface area contributed by atoms with Gasteiger partial charge in [0.25, 0.3) is 0 Å². The minimum absolute atomic E-state index is 0.0824. The topological polar surface area (TPSA) is 214 Å². The first-order valence-electron chi connectivity index (χ1n) is 18.4. The molecule has 2 amide bonds. The predicted molar refractivity (Wildman–Crippen MR) is 202 cm³/mol. The highest BCUT2D eigenvalue weighted by atomic mass is 31.2. The molecule has 1 unspecified atom stereocenters. The fourth-order valence-corrected chi connectivity index (χ4v) is 9.42. The van der Waals surface area contributed by atoms with Gasteiger partial charge in [-0.05, 0) is 35.1 Å². The first-order valence-corrected chi connectivity index (χ1v) is 20.0. The van der Waals surface area contributed by atoms with Crippen molar-refractivity contribution in [2.24, 2.45) is 11.8 Å². The van der Waals surface area contributed by atoms with Crippen molar-refractivity contribution in [3.63, 3.8) is 0 Å². The Morgan fingerprint density at radius 1 is 1.02 bits per heavy atom. The van der Waals surface area contributed by atoms with Gasteiger partial charge >= 0.3 is 7.75 Å². The molecule has 15 nitrogen and oxygen atoms in total. The number of hydrogen-bond donors (Lipinski definition) is 6. The highest BCUT2D eigenvalue weighted by Gasteiger charge is 2.61. The lowest BCUT2D eigenvalue weighted by Gasteiger charge is -2.29. The highest BCUT2D eigenvalue weighted by molar-refractivity contribution is 7.50. The number of oxazole rings is 2. The largest absolute Gasteiger partial charge is 0.469 e. The molecule has 56 heavy (non-hydrogen) atoms. The van der Waals surface area contributed by atoms with Crippen LogP contribution in [0, 0.1) is 11.8 Å². The van der Waals surface area contributed by atoms with Crippen LogP contribution in [0.25, 0.3) is 44.9 Å². The summed E-state index contributed by atoms with van der Waals surface area (Å²) in [5.41, 5.74) is 4.14. The number of benzene rings is 3. The fraction of sp³-hybridized carbons (Fsp3) is 0.300. The lowest BCUT2D eigenvalue weighted by Crippen LogP contribution is -2.52. The van der Waals surface area contributed by atoms with Crippen LogP contribution in [-0.4, -0.2) is 59.4 Å². The third-order valence-electron chi connectivity index (χ3n) is 11.4. The second-order valence-electron chi connectivity index (χ2n) is 15.6. The summed E-state index contributed by atoms with van der Waals surface area (Å²) in [6.07, 6.45) is 0.884. The Labute approximate surface area is 319 Å². The predicted octanol–water partition coefficient (Wildman–Crippen LogP) is 5.22. The molecule has 0 fully saturated rings. The van der Waals surface area contributed by atoms with Crippen molar-refractivity contribution in [1.82, 2.24) is 24.9 Å². The standard InChI is InChI=1S/C40H37N6O9P/c1-17(2)30-38-44-32-34(55-38)40-23-9-5-8-21(20-7-6-10-26-29(20)22(16-46(26)56(50,51)52)28-15-41-37(32)53-28)31(23)45-39(40)54-27-12-11-19(13-24(27)40)14-25(35(48)43-30)42-36(49)33(47)18(3)4/h5-13,15-18,25,30,33,39,45,47H,14H2,1-4H3,(H,42,49)(H,43,48)(H2,50,51,52)/t25-,30-,33-,39?,40-/m0/s1. The van der Waals surface area contributed by atoms with E-state index in [-0.39, 0.29) is 41.5 Å². The molecule has 0 radical (unpaired) electrons. The van der Waals surface area contributed by atoms with E-state index in [2.05, 4.69) is 16.0 Å². The van der Waals surface area contributed by atoms with Gasteiger partial charge in [0, 0.05) is 45.9 Å². The van der Waals surface area contributed by atoms with E-state index in [0.29, 0.717) is 39.1 Å². The Bertz CT molecular complexity index is 2710. The van der Waals surface area contributed by atoms with Gasteiger partial charge in [-0.2, -0.15) is 0 Å². The fourth-order valence-electron chi connectivity index (χ4n) is 8.71. The van der Waals surface area contributed by atoms with Gasteiger partial charge in [0.1, 0.15) is 29.4 Å². The molecule has 0 aliphatic carbocycles. The molecule has 16 heteroatoms. The maximum atomic E-state index is 14.2. The van der Waals surface area contributed by atoms with E-state index in [9.17, 15) is 29.0 Å². The number of amides is 2. The molecule has 10 rings (SSSR count). The van der Waals surface area contributed by atoms with Gasteiger partial charge in [-0.1, -0.05) is 70.2 Å². The first-order chi connectivity index (χ1) is 26.7. The minimum atomic E-state index is -4.82. The van der Waals surface area contributed by atoms with Gasteiger partial charge in [0.15, 0.2) is 23.4 Å². The average molecular weight is 777 g/mol. The van der Waals surface area contributed by atoms with Crippen molar-refractivity contribution in [2.75, 3.05) is 5.32 Å². The second kappa shape index (κ2) is 11.9. The number of aliphatic hydroxyl groups is 1. The van der Waals surface area contributed by atoms with Crippen LogP contribution in [0.15, 0.2) is 75.8 Å². The zero-order valence-electron chi connectivity index (χ0n) is 30.6. The number of nitrogens with zero attached hydrogens (tertiary/aromatic N) is 3. The molecule has 3 aromatic heterocycles. The van der Waals surface area contributed by atoms with Crippen molar-refractivity contribution >= 4 is 36.2 Å². The number of carbonyl (C=O) groups excluding carboxylic acids is 2. The second-order valence-corrected chi connectivity index (χ2v) is 17.0. The van der Waals surface area contributed by atoms with E-state index >= 15 is 0 Å². The van der Waals surface area contributed by atoms with E-state index in [1.54, 1.807) is 26.0 Å². The summed E-state index contributed by atoms with van der Waals surface area (Å²) >= 11 is 0. The monoisotopic (exact) mass is 776 g/mol.